The summed E-state index contributed by atoms with van der Waals surface area (Å²) in [6, 6.07) is 7.84. The summed E-state index contributed by atoms with van der Waals surface area (Å²) in [6.45, 7) is 2.24. The number of thiazole rings is 1. The molecule has 0 spiro atoms. The topological polar surface area (TPSA) is 75.4 Å². The smallest absolute Gasteiger partial charge is 0.290 e. The van der Waals surface area contributed by atoms with Gasteiger partial charge in [-0.2, -0.15) is 0 Å². The molecule has 0 radical (unpaired) electrons. The Hall–Kier alpha value is -3.00. The molecule has 0 saturated carbocycles. The van der Waals surface area contributed by atoms with Gasteiger partial charge in [-0.3, -0.25) is 9.59 Å². The van der Waals surface area contributed by atoms with Gasteiger partial charge in [-0.15, -0.1) is 11.3 Å². The molecular formula is C21H20FN3O3S. The molecule has 3 heterocycles. The number of anilines is 1. The summed E-state index contributed by atoms with van der Waals surface area (Å²) >= 11 is 1.34. The molecule has 150 valence electrons. The van der Waals surface area contributed by atoms with Crippen LogP contribution < -0.4 is 5.32 Å². The Morgan fingerprint density at radius 3 is 3.00 bits per heavy atom. The number of aromatic nitrogens is 1. The number of nitrogens with one attached hydrogen (secondary N) is 1. The van der Waals surface area contributed by atoms with E-state index in [2.05, 4.69) is 10.3 Å². The molecule has 4 rings (SSSR count). The molecule has 1 aliphatic heterocycles. The van der Waals surface area contributed by atoms with E-state index in [0.29, 0.717) is 30.1 Å². The van der Waals surface area contributed by atoms with Gasteiger partial charge in [-0.25, -0.2) is 9.37 Å². The third-order valence-electron chi connectivity index (χ3n) is 4.95. The van der Waals surface area contributed by atoms with Gasteiger partial charge < -0.3 is 14.6 Å². The maximum atomic E-state index is 13.7. The van der Waals surface area contributed by atoms with Crippen LogP contribution in [0.3, 0.4) is 0 Å². The number of hydrogen-bond donors (Lipinski definition) is 1. The predicted octanol–water partition coefficient (Wildman–Crippen LogP) is 4.02. The second kappa shape index (κ2) is 8.16. The SMILES string of the molecule is Cc1ccc(Cc2cnc(NC(=O)[C@@H]3CCCN3C(=O)c3ccco3)s2)cc1F. The van der Waals surface area contributed by atoms with Crippen LogP contribution in [-0.2, 0) is 11.2 Å². The summed E-state index contributed by atoms with van der Waals surface area (Å²) in [4.78, 5) is 32.0. The first-order chi connectivity index (χ1) is 14.0. The zero-order valence-electron chi connectivity index (χ0n) is 15.9. The van der Waals surface area contributed by atoms with Gasteiger partial charge in [-0.1, -0.05) is 12.1 Å². The molecule has 0 bridgehead atoms. The monoisotopic (exact) mass is 413 g/mol. The molecule has 29 heavy (non-hydrogen) atoms. The molecule has 1 aromatic carbocycles. The van der Waals surface area contributed by atoms with Gasteiger partial charge in [0, 0.05) is 24.0 Å². The fourth-order valence-corrected chi connectivity index (χ4v) is 4.26. The molecule has 2 aromatic heterocycles. The summed E-state index contributed by atoms with van der Waals surface area (Å²) in [5, 5.41) is 3.28. The maximum Gasteiger partial charge on any atom is 0.290 e. The van der Waals surface area contributed by atoms with Crippen LogP contribution in [0, 0.1) is 12.7 Å². The van der Waals surface area contributed by atoms with Crippen molar-refractivity contribution in [3.05, 3.63) is 70.4 Å². The Morgan fingerprint density at radius 1 is 1.38 bits per heavy atom. The third-order valence-corrected chi connectivity index (χ3v) is 5.86. The lowest BCUT2D eigenvalue weighted by Gasteiger charge is -2.22. The lowest BCUT2D eigenvalue weighted by atomic mass is 10.1. The first-order valence-corrected chi connectivity index (χ1v) is 10.2. The predicted molar refractivity (Wildman–Crippen MR) is 107 cm³/mol. The number of aryl methyl sites for hydroxylation is 1. The van der Waals surface area contributed by atoms with Crippen molar-refractivity contribution in [2.45, 2.75) is 32.2 Å². The zero-order chi connectivity index (χ0) is 20.4. The van der Waals surface area contributed by atoms with E-state index < -0.39 is 6.04 Å². The number of carbonyl (C=O) groups is 2. The van der Waals surface area contributed by atoms with Gasteiger partial charge in [0.15, 0.2) is 10.9 Å². The molecule has 0 aliphatic carbocycles. The van der Waals surface area contributed by atoms with Crippen molar-refractivity contribution in [3.8, 4) is 0 Å². The van der Waals surface area contributed by atoms with E-state index in [0.717, 1.165) is 16.9 Å². The largest absolute Gasteiger partial charge is 0.459 e. The number of furan rings is 1. The Morgan fingerprint density at radius 2 is 2.24 bits per heavy atom. The number of carbonyl (C=O) groups excluding carboxylic acids is 2. The summed E-state index contributed by atoms with van der Waals surface area (Å²) in [6.07, 6.45) is 5.01. The van der Waals surface area contributed by atoms with E-state index in [-0.39, 0.29) is 23.4 Å². The van der Waals surface area contributed by atoms with Crippen molar-refractivity contribution in [1.29, 1.82) is 0 Å². The number of likely N-dealkylation sites (tertiary alicyclic amines) is 1. The fraction of sp³-hybridized carbons (Fsp3) is 0.286. The van der Waals surface area contributed by atoms with E-state index in [1.54, 1.807) is 31.3 Å². The van der Waals surface area contributed by atoms with Crippen LogP contribution >= 0.6 is 11.3 Å². The van der Waals surface area contributed by atoms with Gasteiger partial charge in [-0.05, 0) is 49.1 Å². The van der Waals surface area contributed by atoms with E-state index in [1.807, 2.05) is 6.07 Å². The Balaban J connectivity index is 1.40. The molecule has 8 heteroatoms. The van der Waals surface area contributed by atoms with Crippen molar-refractivity contribution >= 4 is 28.3 Å². The lowest BCUT2D eigenvalue weighted by Crippen LogP contribution is -2.43. The molecule has 6 nitrogen and oxygen atoms in total. The number of hydrogen-bond acceptors (Lipinski definition) is 5. The molecule has 0 unspecified atom stereocenters. The standard InChI is InChI=1S/C21H20FN3O3S/c1-13-6-7-14(11-16(13)22)10-15-12-23-21(29-15)24-19(26)17-4-2-8-25(17)20(27)18-5-3-9-28-18/h3,5-7,9,11-12,17H,2,4,8,10H2,1H3,(H,23,24,26)/t17-/m0/s1. The fourth-order valence-electron chi connectivity index (χ4n) is 3.41. The van der Waals surface area contributed by atoms with E-state index >= 15 is 0 Å². The minimum absolute atomic E-state index is 0.228. The highest BCUT2D eigenvalue weighted by Crippen LogP contribution is 2.25. The van der Waals surface area contributed by atoms with Gasteiger partial charge in [0.05, 0.1) is 6.26 Å². The number of amides is 2. The molecular weight excluding hydrogens is 393 g/mol. The van der Waals surface area contributed by atoms with E-state index in [4.69, 9.17) is 4.42 Å². The average Bonchev–Trinajstić information content (AvgIpc) is 3.45. The van der Waals surface area contributed by atoms with Crippen molar-refractivity contribution in [1.82, 2.24) is 9.88 Å². The first kappa shape index (κ1) is 19.3. The van der Waals surface area contributed by atoms with Gasteiger partial charge >= 0.3 is 0 Å². The van der Waals surface area contributed by atoms with Crippen molar-refractivity contribution in [2.24, 2.45) is 0 Å². The number of rotatable bonds is 5. The summed E-state index contributed by atoms with van der Waals surface area (Å²) in [7, 11) is 0. The number of benzene rings is 1. The molecule has 3 aromatic rings. The van der Waals surface area contributed by atoms with Crippen LogP contribution in [0.1, 0.15) is 39.4 Å². The molecule has 2 amide bonds. The quantitative estimate of drug-likeness (QED) is 0.686. The summed E-state index contributed by atoms with van der Waals surface area (Å²) < 4.78 is 18.9. The van der Waals surface area contributed by atoms with Crippen molar-refractivity contribution in [2.75, 3.05) is 11.9 Å². The van der Waals surface area contributed by atoms with Crippen LogP contribution in [0.2, 0.25) is 0 Å². The van der Waals surface area contributed by atoms with Crippen LogP contribution in [0.25, 0.3) is 0 Å². The molecule has 1 aliphatic rings. The van der Waals surface area contributed by atoms with Crippen LogP contribution in [0.5, 0.6) is 0 Å². The molecule has 1 N–H and O–H groups in total. The van der Waals surface area contributed by atoms with Gasteiger partial charge in [0.2, 0.25) is 5.91 Å². The third kappa shape index (κ3) is 4.22. The Labute approximate surface area is 171 Å². The van der Waals surface area contributed by atoms with Gasteiger partial charge in [0.1, 0.15) is 11.9 Å². The molecule has 1 atom stereocenters. The molecule has 1 saturated heterocycles. The van der Waals surface area contributed by atoms with Crippen molar-refractivity contribution < 1.29 is 18.4 Å². The van der Waals surface area contributed by atoms with E-state index in [1.165, 1.54) is 28.6 Å². The Kier molecular flexibility index (Phi) is 5.44. The number of halogens is 1. The highest BCUT2D eigenvalue weighted by Gasteiger charge is 2.35. The maximum absolute atomic E-state index is 13.7. The number of nitrogens with zero attached hydrogens (tertiary/aromatic N) is 2. The minimum atomic E-state index is -0.550. The average molecular weight is 413 g/mol. The highest BCUT2D eigenvalue weighted by molar-refractivity contribution is 7.15. The highest BCUT2D eigenvalue weighted by atomic mass is 32.1. The second-order valence-corrected chi connectivity index (χ2v) is 8.13. The first-order valence-electron chi connectivity index (χ1n) is 9.36. The summed E-state index contributed by atoms with van der Waals surface area (Å²) in [5.41, 5.74) is 1.46. The zero-order valence-corrected chi connectivity index (χ0v) is 16.7. The normalized spacial score (nSPS) is 16.2. The van der Waals surface area contributed by atoms with Crippen LogP contribution in [0.4, 0.5) is 9.52 Å². The van der Waals surface area contributed by atoms with Gasteiger partial charge in [0.25, 0.3) is 5.91 Å². The summed E-state index contributed by atoms with van der Waals surface area (Å²) in [5.74, 6) is -0.548. The minimum Gasteiger partial charge on any atom is -0.459 e. The van der Waals surface area contributed by atoms with Crippen molar-refractivity contribution in [3.63, 3.8) is 0 Å². The Bertz CT molecular complexity index is 1030. The second-order valence-electron chi connectivity index (χ2n) is 7.02. The molecule has 1 fully saturated rings. The van der Waals surface area contributed by atoms with Crippen LogP contribution in [0.15, 0.2) is 47.2 Å². The lowest BCUT2D eigenvalue weighted by molar-refractivity contribution is -0.119. The van der Waals surface area contributed by atoms with Crippen LogP contribution in [-0.4, -0.2) is 34.3 Å². The van der Waals surface area contributed by atoms with E-state index in [9.17, 15) is 14.0 Å².